The monoisotopic (exact) mass is 382 g/mol. The third-order valence-electron chi connectivity index (χ3n) is 4.24. The van der Waals surface area contributed by atoms with Crippen LogP contribution in [0, 0.1) is 17.0 Å². The Labute approximate surface area is 161 Å². The van der Waals surface area contributed by atoms with Crippen molar-refractivity contribution in [3.63, 3.8) is 0 Å². The van der Waals surface area contributed by atoms with Gasteiger partial charge in [-0.2, -0.15) is 0 Å². The number of non-ortho nitro benzene ring substituents is 1. The number of carbonyl (C=O) groups excluding carboxylic acids is 1. The summed E-state index contributed by atoms with van der Waals surface area (Å²) in [5, 5.41) is 20.3. The number of nitro benzene ring substituents is 1. The van der Waals surface area contributed by atoms with Gasteiger partial charge in [-0.3, -0.25) is 14.9 Å². The SMILES string of the molecule is CC1=C(C(=O)Nc2ccc(C)cc2)[C@@H](c2cccc([N+](=O)[O-])c2)NC(=S)N1. The molecule has 1 aliphatic heterocycles. The molecule has 8 heteroatoms. The molecule has 0 aliphatic carbocycles. The maximum atomic E-state index is 12.9. The van der Waals surface area contributed by atoms with Crippen molar-refractivity contribution in [1.29, 1.82) is 0 Å². The lowest BCUT2D eigenvalue weighted by Crippen LogP contribution is -2.45. The van der Waals surface area contributed by atoms with Crippen LogP contribution in [-0.4, -0.2) is 15.9 Å². The van der Waals surface area contributed by atoms with Crippen LogP contribution in [-0.2, 0) is 4.79 Å². The maximum absolute atomic E-state index is 12.9. The number of allylic oxidation sites excluding steroid dienone is 1. The van der Waals surface area contributed by atoms with Crippen LogP contribution in [0.1, 0.15) is 24.1 Å². The molecule has 27 heavy (non-hydrogen) atoms. The summed E-state index contributed by atoms with van der Waals surface area (Å²) >= 11 is 5.21. The highest BCUT2D eigenvalue weighted by Crippen LogP contribution is 2.29. The molecule has 1 amide bonds. The number of benzene rings is 2. The van der Waals surface area contributed by atoms with E-state index in [1.165, 1.54) is 12.1 Å². The molecule has 0 fully saturated rings. The molecule has 2 aromatic carbocycles. The number of anilines is 1. The van der Waals surface area contributed by atoms with E-state index in [1.807, 2.05) is 31.2 Å². The third-order valence-corrected chi connectivity index (χ3v) is 4.46. The smallest absolute Gasteiger partial charge is 0.269 e. The first-order valence-electron chi connectivity index (χ1n) is 8.26. The number of hydrogen-bond donors (Lipinski definition) is 3. The predicted octanol–water partition coefficient (Wildman–Crippen LogP) is 3.33. The van der Waals surface area contributed by atoms with Crippen LogP contribution in [0.15, 0.2) is 59.8 Å². The minimum absolute atomic E-state index is 0.0466. The van der Waals surface area contributed by atoms with E-state index in [0.717, 1.165) is 5.56 Å². The van der Waals surface area contributed by atoms with Crippen molar-refractivity contribution in [2.75, 3.05) is 5.32 Å². The standard InChI is InChI=1S/C19H18N4O3S/c1-11-6-8-14(9-7-11)21-18(24)16-12(2)20-19(27)22-17(16)13-4-3-5-15(10-13)23(25)26/h3-10,17H,1-2H3,(H,21,24)(H2,20,22,27)/t17-/m1/s1. The minimum atomic E-state index is -0.593. The molecule has 7 nitrogen and oxygen atoms in total. The largest absolute Gasteiger partial charge is 0.351 e. The van der Waals surface area contributed by atoms with E-state index < -0.39 is 11.0 Å². The average Bonchev–Trinajstić information content (AvgIpc) is 2.63. The van der Waals surface area contributed by atoms with Crippen LogP contribution < -0.4 is 16.0 Å². The molecule has 0 unspecified atom stereocenters. The maximum Gasteiger partial charge on any atom is 0.269 e. The Morgan fingerprint density at radius 2 is 1.89 bits per heavy atom. The summed E-state index contributed by atoms with van der Waals surface area (Å²) in [5.41, 5.74) is 3.31. The van der Waals surface area contributed by atoms with Crippen LogP contribution in [0.4, 0.5) is 11.4 Å². The molecule has 3 rings (SSSR count). The Bertz CT molecular complexity index is 954. The first-order chi connectivity index (χ1) is 12.8. The zero-order chi connectivity index (χ0) is 19.6. The van der Waals surface area contributed by atoms with Crippen LogP contribution in [0.5, 0.6) is 0 Å². The van der Waals surface area contributed by atoms with Gasteiger partial charge in [0.05, 0.1) is 16.5 Å². The molecular weight excluding hydrogens is 364 g/mol. The van der Waals surface area contributed by atoms with Crippen LogP contribution in [0.3, 0.4) is 0 Å². The molecule has 0 spiro atoms. The fourth-order valence-corrected chi connectivity index (χ4v) is 3.17. The van der Waals surface area contributed by atoms with Gasteiger partial charge in [-0.15, -0.1) is 0 Å². The Balaban J connectivity index is 1.96. The fourth-order valence-electron chi connectivity index (χ4n) is 2.90. The van der Waals surface area contributed by atoms with Crippen molar-refractivity contribution in [3.8, 4) is 0 Å². The Kier molecular flexibility index (Phi) is 5.18. The number of nitrogens with one attached hydrogen (secondary N) is 3. The number of amides is 1. The van der Waals surface area contributed by atoms with Crippen LogP contribution >= 0.6 is 12.2 Å². The predicted molar refractivity (Wildman–Crippen MR) is 107 cm³/mol. The van der Waals surface area contributed by atoms with Gasteiger partial charge in [0.1, 0.15) is 0 Å². The molecular formula is C19H18N4O3S. The number of nitro groups is 1. The van der Waals surface area contributed by atoms with Gasteiger partial charge in [0, 0.05) is 23.5 Å². The van der Waals surface area contributed by atoms with Gasteiger partial charge in [0.25, 0.3) is 11.6 Å². The summed E-state index contributed by atoms with van der Waals surface area (Å²) in [6.07, 6.45) is 0. The number of hydrogen-bond acceptors (Lipinski definition) is 4. The number of aryl methyl sites for hydroxylation is 1. The van der Waals surface area contributed by atoms with Gasteiger partial charge in [-0.25, -0.2) is 0 Å². The van der Waals surface area contributed by atoms with E-state index in [9.17, 15) is 14.9 Å². The van der Waals surface area contributed by atoms with Gasteiger partial charge < -0.3 is 16.0 Å². The molecule has 2 aromatic rings. The zero-order valence-electron chi connectivity index (χ0n) is 14.8. The third kappa shape index (κ3) is 4.12. The van der Waals surface area contributed by atoms with Gasteiger partial charge in [-0.1, -0.05) is 29.8 Å². The molecule has 0 bridgehead atoms. The summed E-state index contributed by atoms with van der Waals surface area (Å²) < 4.78 is 0. The normalized spacial score (nSPS) is 16.4. The topological polar surface area (TPSA) is 96.3 Å². The molecule has 1 atom stereocenters. The van der Waals surface area contributed by atoms with E-state index in [4.69, 9.17) is 12.2 Å². The fraction of sp³-hybridized carbons (Fsp3) is 0.158. The van der Waals surface area contributed by atoms with Gasteiger partial charge >= 0.3 is 0 Å². The highest BCUT2D eigenvalue weighted by Gasteiger charge is 2.30. The van der Waals surface area contributed by atoms with Gasteiger partial charge in [0.15, 0.2) is 5.11 Å². The molecule has 1 heterocycles. The Morgan fingerprint density at radius 3 is 2.56 bits per heavy atom. The van der Waals surface area contributed by atoms with Crippen molar-refractivity contribution >= 4 is 34.6 Å². The number of rotatable bonds is 4. The Morgan fingerprint density at radius 1 is 1.19 bits per heavy atom. The molecule has 0 saturated heterocycles. The summed E-state index contributed by atoms with van der Waals surface area (Å²) in [4.78, 5) is 23.6. The number of carbonyl (C=O) groups is 1. The number of nitrogens with zero attached hydrogens (tertiary/aromatic N) is 1. The van der Waals surface area contributed by atoms with Crippen molar-refractivity contribution in [2.24, 2.45) is 0 Å². The lowest BCUT2D eigenvalue weighted by atomic mass is 9.94. The molecule has 0 aromatic heterocycles. The molecule has 0 saturated carbocycles. The number of thiocarbonyl (C=S) groups is 1. The van der Waals surface area contributed by atoms with E-state index in [1.54, 1.807) is 19.1 Å². The van der Waals surface area contributed by atoms with Gasteiger partial charge in [0.2, 0.25) is 0 Å². The van der Waals surface area contributed by atoms with Gasteiger partial charge in [-0.05, 0) is 43.8 Å². The second-order valence-electron chi connectivity index (χ2n) is 6.24. The minimum Gasteiger partial charge on any atom is -0.351 e. The summed E-state index contributed by atoms with van der Waals surface area (Å²) in [7, 11) is 0. The molecule has 138 valence electrons. The van der Waals surface area contributed by atoms with Crippen molar-refractivity contribution in [3.05, 3.63) is 81.0 Å². The second kappa shape index (κ2) is 7.55. The molecule has 3 N–H and O–H groups in total. The lowest BCUT2D eigenvalue weighted by molar-refractivity contribution is -0.384. The Hall–Kier alpha value is -3.26. The van der Waals surface area contributed by atoms with Crippen molar-refractivity contribution in [2.45, 2.75) is 19.9 Å². The summed E-state index contributed by atoms with van der Waals surface area (Å²) in [5.74, 6) is -0.310. The highest BCUT2D eigenvalue weighted by atomic mass is 32.1. The molecule has 1 aliphatic rings. The average molecular weight is 382 g/mol. The first-order valence-corrected chi connectivity index (χ1v) is 8.66. The van der Waals surface area contributed by atoms with Crippen molar-refractivity contribution in [1.82, 2.24) is 10.6 Å². The van der Waals surface area contributed by atoms with E-state index in [2.05, 4.69) is 16.0 Å². The zero-order valence-corrected chi connectivity index (χ0v) is 15.6. The van der Waals surface area contributed by atoms with Crippen LogP contribution in [0.25, 0.3) is 0 Å². The van der Waals surface area contributed by atoms with E-state index in [0.29, 0.717) is 27.6 Å². The lowest BCUT2D eigenvalue weighted by Gasteiger charge is -2.30. The van der Waals surface area contributed by atoms with Crippen molar-refractivity contribution < 1.29 is 9.72 Å². The summed E-state index contributed by atoms with van der Waals surface area (Å²) in [6, 6.07) is 13.0. The first kappa shape index (κ1) is 18.5. The van der Waals surface area contributed by atoms with Crippen LogP contribution in [0.2, 0.25) is 0 Å². The second-order valence-corrected chi connectivity index (χ2v) is 6.65. The summed E-state index contributed by atoms with van der Waals surface area (Å²) in [6.45, 7) is 3.72. The quantitative estimate of drug-likeness (QED) is 0.426. The van der Waals surface area contributed by atoms with E-state index in [-0.39, 0.29) is 11.6 Å². The highest BCUT2D eigenvalue weighted by molar-refractivity contribution is 7.80. The molecule has 0 radical (unpaired) electrons. The van der Waals surface area contributed by atoms with E-state index >= 15 is 0 Å².